The molecule has 0 aromatic heterocycles. The van der Waals surface area contributed by atoms with Crippen LogP contribution in [0.4, 0.5) is 0 Å². The van der Waals surface area contributed by atoms with Crippen molar-refractivity contribution >= 4 is 39.4 Å². The molecule has 0 aliphatic carbocycles. The molecule has 0 radical (unpaired) electrons. The molecule has 1 aromatic carbocycles. The summed E-state index contributed by atoms with van der Waals surface area (Å²) in [5, 5.41) is 10.3. The van der Waals surface area contributed by atoms with Crippen LogP contribution in [0.25, 0.3) is 0 Å². The Morgan fingerprint density at radius 3 is 2.61 bits per heavy atom. The summed E-state index contributed by atoms with van der Waals surface area (Å²) in [5.41, 5.74) is 0. The fourth-order valence-corrected chi connectivity index (χ4v) is 3.90. The normalized spacial score (nSPS) is 13.2. The Morgan fingerprint density at radius 1 is 1.39 bits per heavy atom. The summed E-state index contributed by atoms with van der Waals surface area (Å²) in [4.78, 5) is 0.333. The molecule has 7 heteroatoms. The fourth-order valence-electron chi connectivity index (χ4n) is 1.17. The molecule has 1 rings (SSSR count). The van der Waals surface area contributed by atoms with E-state index in [1.54, 1.807) is 30.3 Å². The van der Waals surface area contributed by atoms with Gasteiger partial charge in [0.2, 0.25) is 0 Å². The van der Waals surface area contributed by atoms with Crippen molar-refractivity contribution in [2.75, 3.05) is 18.1 Å². The van der Waals surface area contributed by atoms with Crippen molar-refractivity contribution in [1.82, 2.24) is 4.72 Å². The lowest BCUT2D eigenvalue weighted by molar-refractivity contribution is 0.287. The number of rotatable bonds is 8. The van der Waals surface area contributed by atoms with Gasteiger partial charge in [-0.2, -0.15) is 0 Å². The average Bonchev–Trinajstić information content (AvgIpc) is 2.40. The van der Waals surface area contributed by atoms with Gasteiger partial charge in [0.15, 0.2) is 9.84 Å². The molecule has 0 unspecified atom stereocenters. The first kappa shape index (κ1) is 15.6. The molecule has 2 N–H and O–H groups in total. The lowest BCUT2D eigenvalue weighted by Crippen LogP contribution is -2.28. The molecule has 100 valence electrons. The number of sulfone groups is 1. The SMILES string of the molecule is O=S(=O)(CCSN[C@H](C=S)CO)c1ccccc1. The Balaban J connectivity index is 2.42. The van der Waals surface area contributed by atoms with Crippen molar-refractivity contribution < 1.29 is 13.5 Å². The van der Waals surface area contributed by atoms with E-state index in [-0.39, 0.29) is 18.4 Å². The molecule has 0 heterocycles. The van der Waals surface area contributed by atoms with Crippen molar-refractivity contribution in [3.63, 3.8) is 0 Å². The Kier molecular flexibility index (Phi) is 6.80. The van der Waals surface area contributed by atoms with E-state index in [1.165, 1.54) is 17.3 Å². The lowest BCUT2D eigenvalue weighted by Gasteiger charge is -2.09. The van der Waals surface area contributed by atoms with Gasteiger partial charge < -0.3 is 5.11 Å². The largest absolute Gasteiger partial charge is 0.394 e. The second-order valence-corrected chi connectivity index (χ2v) is 6.84. The first-order valence-electron chi connectivity index (χ1n) is 5.31. The molecule has 0 fully saturated rings. The Hall–Kier alpha value is -0.470. The van der Waals surface area contributed by atoms with Crippen LogP contribution in [0.1, 0.15) is 0 Å². The van der Waals surface area contributed by atoms with E-state index in [1.807, 2.05) is 0 Å². The maximum atomic E-state index is 11.9. The van der Waals surface area contributed by atoms with Crippen LogP contribution >= 0.6 is 24.2 Å². The van der Waals surface area contributed by atoms with E-state index in [4.69, 9.17) is 17.3 Å². The highest BCUT2D eigenvalue weighted by atomic mass is 32.2. The minimum atomic E-state index is -3.23. The summed E-state index contributed by atoms with van der Waals surface area (Å²) in [5.74, 6) is 0.446. The second kappa shape index (κ2) is 7.85. The van der Waals surface area contributed by atoms with Gasteiger partial charge in [-0.3, -0.25) is 4.72 Å². The standard InChI is InChI=1S/C11H15NO3S3/c13-8-10(9-16)12-17-6-7-18(14,15)11-4-2-1-3-5-11/h1-5,9-10,12-13H,6-8H2/t10-/m0/s1. The summed E-state index contributed by atoms with van der Waals surface area (Å²) in [6.45, 7) is -0.0953. The van der Waals surface area contributed by atoms with E-state index in [0.29, 0.717) is 10.6 Å². The fraction of sp³-hybridized carbons (Fsp3) is 0.364. The van der Waals surface area contributed by atoms with Gasteiger partial charge in [0.1, 0.15) is 0 Å². The van der Waals surface area contributed by atoms with Crippen LogP contribution in [0, 0.1) is 0 Å². The predicted octanol–water partition coefficient (Wildman–Crippen LogP) is 1.06. The molecule has 0 saturated carbocycles. The first-order chi connectivity index (χ1) is 8.60. The zero-order valence-corrected chi connectivity index (χ0v) is 12.1. The van der Waals surface area contributed by atoms with E-state index in [9.17, 15) is 8.42 Å². The molecule has 1 atom stereocenters. The number of aliphatic hydroxyl groups is 1. The van der Waals surface area contributed by atoms with Crippen molar-refractivity contribution in [2.45, 2.75) is 10.9 Å². The molecule has 4 nitrogen and oxygen atoms in total. The van der Waals surface area contributed by atoms with Crippen LogP contribution in [0.3, 0.4) is 0 Å². The summed E-state index contributed by atoms with van der Waals surface area (Å²) >= 11 is 5.94. The number of nitrogens with one attached hydrogen (secondary N) is 1. The van der Waals surface area contributed by atoms with Crippen molar-refractivity contribution in [1.29, 1.82) is 0 Å². The molecule has 0 aliphatic rings. The topological polar surface area (TPSA) is 66.4 Å². The van der Waals surface area contributed by atoms with E-state index in [0.717, 1.165) is 0 Å². The minimum Gasteiger partial charge on any atom is -0.394 e. The Morgan fingerprint density at radius 2 is 2.06 bits per heavy atom. The summed E-state index contributed by atoms with van der Waals surface area (Å²) in [7, 11) is -3.23. The monoisotopic (exact) mass is 305 g/mol. The summed E-state index contributed by atoms with van der Waals surface area (Å²) in [6, 6.07) is 8.06. The number of hydrogen-bond donors (Lipinski definition) is 2. The predicted molar refractivity (Wildman–Crippen MR) is 78.6 cm³/mol. The smallest absolute Gasteiger partial charge is 0.179 e. The van der Waals surface area contributed by atoms with Gasteiger partial charge >= 0.3 is 0 Å². The van der Waals surface area contributed by atoms with Crippen LogP contribution in [0.2, 0.25) is 0 Å². The van der Waals surface area contributed by atoms with Crippen LogP contribution in [-0.2, 0) is 9.84 Å². The van der Waals surface area contributed by atoms with Gasteiger partial charge in [0.25, 0.3) is 0 Å². The van der Waals surface area contributed by atoms with Gasteiger partial charge in [-0.25, -0.2) is 8.42 Å². The molecule has 1 aromatic rings. The first-order valence-corrected chi connectivity index (χ1v) is 8.42. The van der Waals surface area contributed by atoms with Crippen molar-refractivity contribution in [3.8, 4) is 0 Å². The quantitative estimate of drug-likeness (QED) is 0.425. The third-order valence-electron chi connectivity index (χ3n) is 2.15. The minimum absolute atomic E-state index is 0.0459. The van der Waals surface area contributed by atoms with Gasteiger partial charge in [0, 0.05) is 5.75 Å². The highest BCUT2D eigenvalue weighted by Gasteiger charge is 2.13. The van der Waals surface area contributed by atoms with E-state index >= 15 is 0 Å². The highest BCUT2D eigenvalue weighted by molar-refractivity contribution is 7.99. The van der Waals surface area contributed by atoms with Gasteiger partial charge in [0.05, 0.1) is 23.3 Å². The summed E-state index contributed by atoms with van der Waals surface area (Å²) in [6.07, 6.45) is 0. The Bertz CT molecular complexity index is 462. The van der Waals surface area contributed by atoms with Crippen LogP contribution in [0.15, 0.2) is 35.2 Å². The maximum absolute atomic E-state index is 11.9. The lowest BCUT2D eigenvalue weighted by atomic mass is 10.4. The van der Waals surface area contributed by atoms with Gasteiger partial charge in [-0.1, -0.05) is 42.4 Å². The zero-order valence-electron chi connectivity index (χ0n) is 9.65. The second-order valence-electron chi connectivity index (χ2n) is 3.52. The van der Waals surface area contributed by atoms with Crippen molar-refractivity contribution in [3.05, 3.63) is 30.3 Å². The average molecular weight is 305 g/mol. The van der Waals surface area contributed by atoms with E-state index < -0.39 is 9.84 Å². The molecule has 0 bridgehead atoms. The van der Waals surface area contributed by atoms with Gasteiger partial charge in [-0.15, -0.1) is 0 Å². The number of aliphatic hydroxyl groups excluding tert-OH is 1. The van der Waals surface area contributed by atoms with E-state index in [2.05, 4.69) is 4.72 Å². The number of hydrogen-bond acceptors (Lipinski definition) is 6. The Labute approximate surface area is 117 Å². The van der Waals surface area contributed by atoms with Crippen molar-refractivity contribution in [2.24, 2.45) is 0 Å². The molecule has 0 spiro atoms. The third-order valence-corrected chi connectivity index (χ3v) is 5.35. The maximum Gasteiger partial charge on any atom is 0.179 e. The molecular weight excluding hydrogens is 290 g/mol. The molecule has 18 heavy (non-hydrogen) atoms. The molecular formula is C11H15NO3S3. The van der Waals surface area contributed by atoms with Crippen LogP contribution in [0.5, 0.6) is 0 Å². The summed E-state index contributed by atoms with van der Waals surface area (Å²) < 4.78 is 26.7. The molecule has 0 aliphatic heterocycles. The van der Waals surface area contributed by atoms with Gasteiger partial charge in [-0.05, 0) is 17.5 Å². The zero-order chi connectivity index (χ0) is 13.4. The molecule has 0 saturated heterocycles. The number of thiocarbonyl (C=S) groups is 1. The third kappa shape index (κ3) is 5.03. The van der Waals surface area contributed by atoms with Crippen LogP contribution in [-0.4, -0.2) is 43.0 Å². The number of benzene rings is 1. The highest BCUT2D eigenvalue weighted by Crippen LogP contribution is 2.11. The molecule has 0 amide bonds. The van der Waals surface area contributed by atoms with Crippen LogP contribution < -0.4 is 4.72 Å².